The molecule has 4 aromatic rings. The third-order valence-electron chi connectivity index (χ3n) is 5.61. The number of hydrogen-bond acceptors (Lipinski definition) is 5. The molecule has 2 amide bonds. The lowest BCUT2D eigenvalue weighted by molar-refractivity contribution is -0.115. The van der Waals surface area contributed by atoms with Gasteiger partial charge in [0, 0.05) is 35.8 Å². The van der Waals surface area contributed by atoms with Gasteiger partial charge < -0.3 is 9.88 Å². The fraction of sp³-hybridized carbons (Fsp3) is 0.200. The van der Waals surface area contributed by atoms with Crippen molar-refractivity contribution in [2.75, 3.05) is 10.6 Å². The predicted molar refractivity (Wildman–Crippen MR) is 129 cm³/mol. The van der Waals surface area contributed by atoms with Crippen molar-refractivity contribution >= 4 is 34.0 Å². The summed E-state index contributed by atoms with van der Waals surface area (Å²) in [5.41, 5.74) is 3.10. The van der Waals surface area contributed by atoms with Gasteiger partial charge in [0.25, 0.3) is 5.91 Å². The molecule has 9 heteroatoms. The molecule has 1 aliphatic rings. The van der Waals surface area contributed by atoms with E-state index < -0.39 is 11.7 Å². The molecule has 0 saturated carbocycles. The van der Waals surface area contributed by atoms with Gasteiger partial charge in [0.15, 0.2) is 5.13 Å². The molecule has 34 heavy (non-hydrogen) atoms. The van der Waals surface area contributed by atoms with Crippen LogP contribution in [0, 0.1) is 5.82 Å². The Balaban J connectivity index is 1.17. The Bertz CT molecular complexity index is 1320. The maximum Gasteiger partial charge on any atom is 0.260 e. The molecule has 3 heterocycles. The highest BCUT2D eigenvalue weighted by molar-refractivity contribution is 7.14. The maximum absolute atomic E-state index is 13.8. The first-order valence-corrected chi connectivity index (χ1v) is 11.9. The molecule has 1 aliphatic heterocycles. The number of rotatable bonds is 6. The molecule has 0 fully saturated rings. The number of benzene rings is 2. The smallest absolute Gasteiger partial charge is 0.260 e. The molecular formula is C25H22FN5O2S. The van der Waals surface area contributed by atoms with E-state index in [9.17, 15) is 14.0 Å². The number of imidazole rings is 1. The average Bonchev–Trinajstić information content (AvgIpc) is 3.46. The molecular weight excluding hydrogens is 453 g/mol. The molecule has 0 aliphatic carbocycles. The zero-order valence-electron chi connectivity index (χ0n) is 18.3. The average molecular weight is 476 g/mol. The third kappa shape index (κ3) is 4.89. The largest absolute Gasteiger partial charge is 0.334 e. The van der Waals surface area contributed by atoms with Gasteiger partial charge in [-0.25, -0.2) is 14.4 Å². The second-order valence-electron chi connectivity index (χ2n) is 8.07. The molecule has 2 aromatic heterocycles. The highest BCUT2D eigenvalue weighted by Crippen LogP contribution is 2.24. The summed E-state index contributed by atoms with van der Waals surface area (Å²) in [5.74, 6) is -0.273. The summed E-state index contributed by atoms with van der Waals surface area (Å²) in [6, 6.07) is 13.3. The quantitative estimate of drug-likeness (QED) is 0.415. The van der Waals surface area contributed by atoms with E-state index in [-0.39, 0.29) is 17.9 Å². The van der Waals surface area contributed by atoms with Crippen LogP contribution in [0.3, 0.4) is 0 Å². The standard InChI is InChI=1S/C25H22FN5O2S/c26-20-6-2-1-5-19(20)24(33)30-25-28-18(15-34-25)13-23(32)27-17-10-8-16(9-11-17)21-14-31-12-4-3-7-22(31)29-21/h1-2,5-6,8-11,14-15H,3-4,7,12-13H2,(H,27,32)(H,28,30,33). The Hall–Kier alpha value is -3.85. The van der Waals surface area contributed by atoms with Crippen LogP contribution in [0.4, 0.5) is 15.2 Å². The highest BCUT2D eigenvalue weighted by atomic mass is 32.1. The number of hydrogen-bond donors (Lipinski definition) is 2. The number of anilines is 2. The zero-order valence-corrected chi connectivity index (χ0v) is 19.1. The normalized spacial score (nSPS) is 12.7. The molecule has 5 rings (SSSR count). The van der Waals surface area contributed by atoms with Crippen molar-refractivity contribution in [3.8, 4) is 11.3 Å². The van der Waals surface area contributed by atoms with Crippen LogP contribution < -0.4 is 10.6 Å². The summed E-state index contributed by atoms with van der Waals surface area (Å²) in [6.07, 6.45) is 5.53. The summed E-state index contributed by atoms with van der Waals surface area (Å²) in [6.45, 7) is 1.02. The Labute approximate surface area is 199 Å². The Morgan fingerprint density at radius 3 is 2.65 bits per heavy atom. The van der Waals surface area contributed by atoms with Crippen LogP contribution in [0.15, 0.2) is 60.1 Å². The molecule has 0 spiro atoms. The van der Waals surface area contributed by atoms with Crippen LogP contribution in [-0.4, -0.2) is 26.3 Å². The van der Waals surface area contributed by atoms with E-state index in [0.717, 1.165) is 30.0 Å². The molecule has 0 radical (unpaired) electrons. The zero-order chi connectivity index (χ0) is 23.5. The lowest BCUT2D eigenvalue weighted by Gasteiger charge is -2.11. The number of halogens is 1. The monoisotopic (exact) mass is 475 g/mol. The van der Waals surface area contributed by atoms with Crippen LogP contribution >= 0.6 is 11.3 Å². The summed E-state index contributed by atoms with van der Waals surface area (Å²) < 4.78 is 16.0. The molecule has 0 atom stereocenters. The van der Waals surface area contributed by atoms with Crippen molar-refractivity contribution in [3.63, 3.8) is 0 Å². The molecule has 0 bridgehead atoms. The van der Waals surface area contributed by atoms with Crippen molar-refractivity contribution < 1.29 is 14.0 Å². The minimum absolute atomic E-state index is 0.0571. The van der Waals surface area contributed by atoms with Gasteiger partial charge in [0.05, 0.1) is 23.4 Å². The topological polar surface area (TPSA) is 88.9 Å². The minimum Gasteiger partial charge on any atom is -0.334 e. The fourth-order valence-electron chi connectivity index (χ4n) is 3.90. The summed E-state index contributed by atoms with van der Waals surface area (Å²) in [7, 11) is 0. The summed E-state index contributed by atoms with van der Waals surface area (Å²) in [4.78, 5) is 33.7. The van der Waals surface area contributed by atoms with Gasteiger partial charge in [0.2, 0.25) is 5.91 Å². The van der Waals surface area contributed by atoms with Crippen LogP contribution in [0.1, 0.15) is 34.7 Å². The Morgan fingerprint density at radius 1 is 1.03 bits per heavy atom. The molecule has 0 saturated heterocycles. The molecule has 0 unspecified atom stereocenters. The number of carbonyl (C=O) groups is 2. The van der Waals surface area contributed by atoms with Gasteiger partial charge in [-0.3, -0.25) is 14.9 Å². The first kappa shape index (κ1) is 22.0. The van der Waals surface area contributed by atoms with E-state index in [2.05, 4.69) is 26.4 Å². The molecule has 2 N–H and O–H groups in total. The highest BCUT2D eigenvalue weighted by Gasteiger charge is 2.15. The number of fused-ring (bicyclic) bond motifs is 1. The van der Waals surface area contributed by atoms with E-state index in [1.165, 1.54) is 42.4 Å². The second-order valence-corrected chi connectivity index (χ2v) is 8.93. The van der Waals surface area contributed by atoms with Crippen molar-refractivity contribution in [2.24, 2.45) is 0 Å². The molecule has 172 valence electrons. The van der Waals surface area contributed by atoms with Crippen LogP contribution in [0.2, 0.25) is 0 Å². The van der Waals surface area contributed by atoms with E-state index in [4.69, 9.17) is 4.98 Å². The molecule has 7 nitrogen and oxygen atoms in total. The van der Waals surface area contributed by atoms with Crippen LogP contribution in [0.5, 0.6) is 0 Å². The summed E-state index contributed by atoms with van der Waals surface area (Å²) in [5, 5.41) is 7.44. The number of thiazole rings is 1. The predicted octanol–water partition coefficient (Wildman–Crippen LogP) is 4.92. The van der Waals surface area contributed by atoms with Gasteiger partial charge in [0.1, 0.15) is 11.6 Å². The first-order valence-electron chi connectivity index (χ1n) is 11.0. The van der Waals surface area contributed by atoms with Crippen LogP contribution in [-0.2, 0) is 24.2 Å². The number of aromatic nitrogens is 3. The Morgan fingerprint density at radius 2 is 1.85 bits per heavy atom. The second kappa shape index (κ2) is 9.56. The number of carbonyl (C=O) groups excluding carboxylic acids is 2. The van der Waals surface area contributed by atoms with Crippen molar-refractivity contribution in [1.29, 1.82) is 0 Å². The lowest BCUT2D eigenvalue weighted by atomic mass is 10.1. The minimum atomic E-state index is -0.602. The van der Waals surface area contributed by atoms with Gasteiger partial charge in [-0.15, -0.1) is 11.3 Å². The first-order chi connectivity index (χ1) is 16.5. The maximum atomic E-state index is 13.8. The van der Waals surface area contributed by atoms with E-state index in [1.54, 1.807) is 11.4 Å². The van der Waals surface area contributed by atoms with E-state index in [1.807, 2.05) is 24.3 Å². The number of amides is 2. The van der Waals surface area contributed by atoms with Gasteiger partial charge >= 0.3 is 0 Å². The Kier molecular flexibility index (Phi) is 6.18. The summed E-state index contributed by atoms with van der Waals surface area (Å²) >= 11 is 1.18. The molecule has 2 aromatic carbocycles. The van der Waals surface area contributed by atoms with Gasteiger partial charge in [-0.05, 0) is 37.1 Å². The van der Waals surface area contributed by atoms with E-state index >= 15 is 0 Å². The number of nitrogens with zero attached hydrogens (tertiary/aromatic N) is 3. The number of nitrogens with one attached hydrogen (secondary N) is 2. The van der Waals surface area contributed by atoms with Gasteiger partial charge in [-0.2, -0.15) is 0 Å². The number of aryl methyl sites for hydroxylation is 2. The third-order valence-corrected chi connectivity index (χ3v) is 6.41. The van der Waals surface area contributed by atoms with E-state index in [0.29, 0.717) is 16.5 Å². The van der Waals surface area contributed by atoms with Gasteiger partial charge in [-0.1, -0.05) is 24.3 Å². The van der Waals surface area contributed by atoms with Crippen molar-refractivity contribution in [3.05, 3.63) is 83.0 Å². The van der Waals surface area contributed by atoms with Crippen LogP contribution in [0.25, 0.3) is 11.3 Å². The van der Waals surface area contributed by atoms with Crippen molar-refractivity contribution in [1.82, 2.24) is 14.5 Å². The lowest BCUT2D eigenvalue weighted by Crippen LogP contribution is -2.15. The fourth-order valence-corrected chi connectivity index (χ4v) is 4.61. The van der Waals surface area contributed by atoms with Crippen molar-refractivity contribution in [2.45, 2.75) is 32.2 Å². The SMILES string of the molecule is O=C(Cc1csc(NC(=O)c2ccccc2F)n1)Nc1ccc(-c2cn3c(n2)CCCC3)cc1.